The van der Waals surface area contributed by atoms with E-state index in [-0.39, 0.29) is 5.92 Å². The second-order valence-corrected chi connectivity index (χ2v) is 6.17. The maximum Gasteiger partial charge on any atom is 0.225 e. The Morgan fingerprint density at radius 2 is 2.00 bits per heavy atom. The van der Waals surface area contributed by atoms with Crippen molar-refractivity contribution in [2.75, 3.05) is 19.6 Å². The number of carbonyl (C=O) groups is 1. The van der Waals surface area contributed by atoms with Crippen LogP contribution in [0, 0.1) is 17.8 Å². The number of carbonyl (C=O) groups excluding carboxylic acids is 1. The third kappa shape index (κ3) is 3.25. The molecule has 3 atom stereocenters. The smallest absolute Gasteiger partial charge is 0.225 e. The lowest BCUT2D eigenvalue weighted by Crippen LogP contribution is -2.44. The fraction of sp³-hybridized carbons (Fsp3) is 0.933. The monoisotopic (exact) mass is 252 g/mol. The molecule has 1 saturated heterocycles. The molecule has 2 rings (SSSR count). The molecule has 0 spiro atoms. The summed E-state index contributed by atoms with van der Waals surface area (Å²) in [6.45, 7) is 4.98. The molecule has 18 heavy (non-hydrogen) atoms. The van der Waals surface area contributed by atoms with Crippen LogP contribution in [0.1, 0.15) is 51.9 Å². The Labute approximate surface area is 111 Å². The zero-order valence-electron chi connectivity index (χ0n) is 11.7. The minimum absolute atomic E-state index is 0.267. The zero-order valence-corrected chi connectivity index (χ0v) is 11.7. The number of rotatable bonds is 3. The van der Waals surface area contributed by atoms with Crippen molar-refractivity contribution < 1.29 is 4.79 Å². The Hall–Kier alpha value is -0.570. The molecule has 1 saturated carbocycles. The molecule has 3 unspecified atom stereocenters. The van der Waals surface area contributed by atoms with Gasteiger partial charge < -0.3 is 10.6 Å². The number of piperidine rings is 1. The number of likely N-dealkylation sites (tertiary alicyclic amines) is 1. The van der Waals surface area contributed by atoms with Gasteiger partial charge in [0.2, 0.25) is 5.91 Å². The average Bonchev–Trinajstić information content (AvgIpc) is 2.46. The van der Waals surface area contributed by atoms with E-state index in [1.807, 2.05) is 0 Å². The van der Waals surface area contributed by atoms with Crippen LogP contribution in [0.2, 0.25) is 0 Å². The minimum Gasteiger partial charge on any atom is -0.342 e. The summed E-state index contributed by atoms with van der Waals surface area (Å²) in [4.78, 5) is 14.7. The largest absolute Gasteiger partial charge is 0.342 e. The molecule has 2 fully saturated rings. The molecule has 2 N–H and O–H groups in total. The highest BCUT2D eigenvalue weighted by atomic mass is 16.2. The third-order valence-corrected chi connectivity index (χ3v) is 4.87. The number of nitrogens with zero attached hydrogens (tertiary/aromatic N) is 1. The molecule has 1 aliphatic heterocycles. The summed E-state index contributed by atoms with van der Waals surface area (Å²) in [5.41, 5.74) is 5.76. The Kier molecular flexibility index (Phi) is 5.04. The van der Waals surface area contributed by atoms with Gasteiger partial charge in [-0.2, -0.15) is 0 Å². The predicted molar refractivity (Wildman–Crippen MR) is 74.1 cm³/mol. The maximum absolute atomic E-state index is 12.6. The molecule has 0 aromatic heterocycles. The van der Waals surface area contributed by atoms with E-state index in [0.717, 1.165) is 38.4 Å². The maximum atomic E-state index is 12.6. The summed E-state index contributed by atoms with van der Waals surface area (Å²) in [7, 11) is 0. The normalized spacial score (nSPS) is 33.4. The molecule has 0 aromatic carbocycles. The van der Waals surface area contributed by atoms with E-state index < -0.39 is 0 Å². The van der Waals surface area contributed by atoms with Crippen molar-refractivity contribution in [1.82, 2.24) is 4.90 Å². The van der Waals surface area contributed by atoms with Crippen LogP contribution in [-0.4, -0.2) is 30.4 Å². The molecule has 3 nitrogen and oxygen atoms in total. The predicted octanol–water partition coefficient (Wildman–Crippen LogP) is 2.40. The fourth-order valence-electron chi connectivity index (χ4n) is 3.59. The van der Waals surface area contributed by atoms with E-state index in [1.54, 1.807) is 0 Å². The minimum atomic E-state index is 0.267. The molecular weight excluding hydrogens is 224 g/mol. The first kappa shape index (κ1) is 13.9. The standard InChI is InChI=1S/C15H28N2O/c1-2-12-6-4-8-17(11-12)15(18)14-7-3-5-13(9-14)10-16/h12-14H,2-11,16H2,1H3. The summed E-state index contributed by atoms with van der Waals surface area (Å²) >= 11 is 0. The van der Waals surface area contributed by atoms with E-state index in [0.29, 0.717) is 11.8 Å². The number of hydrogen-bond donors (Lipinski definition) is 1. The molecule has 0 aromatic rings. The third-order valence-electron chi connectivity index (χ3n) is 4.87. The highest BCUT2D eigenvalue weighted by Gasteiger charge is 2.31. The molecule has 104 valence electrons. The summed E-state index contributed by atoms with van der Waals surface area (Å²) < 4.78 is 0. The van der Waals surface area contributed by atoms with Crippen LogP contribution in [-0.2, 0) is 4.79 Å². The van der Waals surface area contributed by atoms with Crippen molar-refractivity contribution in [3.05, 3.63) is 0 Å². The van der Waals surface area contributed by atoms with Crippen molar-refractivity contribution in [3.63, 3.8) is 0 Å². The summed E-state index contributed by atoms with van der Waals surface area (Å²) in [5.74, 6) is 2.00. The van der Waals surface area contributed by atoms with Gasteiger partial charge in [-0.1, -0.05) is 19.8 Å². The average molecular weight is 252 g/mol. The van der Waals surface area contributed by atoms with Crippen molar-refractivity contribution in [2.24, 2.45) is 23.5 Å². The quantitative estimate of drug-likeness (QED) is 0.838. The summed E-state index contributed by atoms with van der Waals surface area (Å²) in [5, 5.41) is 0. The van der Waals surface area contributed by atoms with E-state index in [9.17, 15) is 4.79 Å². The van der Waals surface area contributed by atoms with Gasteiger partial charge in [-0.05, 0) is 50.5 Å². The Bertz CT molecular complexity index is 254. The van der Waals surface area contributed by atoms with Gasteiger partial charge in [0, 0.05) is 19.0 Å². The van der Waals surface area contributed by atoms with Crippen LogP contribution in [0.4, 0.5) is 0 Å². The van der Waals surface area contributed by atoms with Crippen LogP contribution in [0.3, 0.4) is 0 Å². The van der Waals surface area contributed by atoms with Gasteiger partial charge in [0.15, 0.2) is 0 Å². The molecule has 1 heterocycles. The second kappa shape index (κ2) is 6.55. The number of nitrogens with two attached hydrogens (primary N) is 1. The van der Waals surface area contributed by atoms with E-state index >= 15 is 0 Å². The highest BCUT2D eigenvalue weighted by Crippen LogP contribution is 2.31. The Morgan fingerprint density at radius 1 is 1.22 bits per heavy atom. The van der Waals surface area contributed by atoms with Gasteiger partial charge in [0.05, 0.1) is 0 Å². The first-order valence-electron chi connectivity index (χ1n) is 7.73. The van der Waals surface area contributed by atoms with Crippen LogP contribution in [0.5, 0.6) is 0 Å². The van der Waals surface area contributed by atoms with E-state index in [1.165, 1.54) is 32.1 Å². The van der Waals surface area contributed by atoms with Crippen LogP contribution in [0.25, 0.3) is 0 Å². The second-order valence-electron chi connectivity index (χ2n) is 6.17. The Balaban J connectivity index is 1.89. The van der Waals surface area contributed by atoms with Crippen molar-refractivity contribution in [2.45, 2.75) is 51.9 Å². The summed E-state index contributed by atoms with van der Waals surface area (Å²) in [6, 6.07) is 0. The lowest BCUT2D eigenvalue weighted by Gasteiger charge is -2.37. The molecule has 1 aliphatic carbocycles. The van der Waals surface area contributed by atoms with Crippen LogP contribution >= 0.6 is 0 Å². The molecule has 2 aliphatic rings. The molecule has 0 radical (unpaired) electrons. The first-order chi connectivity index (χ1) is 8.74. The Morgan fingerprint density at radius 3 is 2.72 bits per heavy atom. The van der Waals surface area contributed by atoms with Crippen molar-refractivity contribution in [3.8, 4) is 0 Å². The van der Waals surface area contributed by atoms with E-state index in [4.69, 9.17) is 5.73 Å². The first-order valence-corrected chi connectivity index (χ1v) is 7.73. The number of hydrogen-bond acceptors (Lipinski definition) is 2. The molecular formula is C15H28N2O. The molecule has 3 heteroatoms. The van der Waals surface area contributed by atoms with Gasteiger partial charge in [-0.25, -0.2) is 0 Å². The highest BCUT2D eigenvalue weighted by molar-refractivity contribution is 5.79. The van der Waals surface area contributed by atoms with E-state index in [2.05, 4.69) is 11.8 Å². The zero-order chi connectivity index (χ0) is 13.0. The van der Waals surface area contributed by atoms with Gasteiger partial charge in [-0.3, -0.25) is 4.79 Å². The summed E-state index contributed by atoms with van der Waals surface area (Å²) in [6.07, 6.45) is 8.22. The van der Waals surface area contributed by atoms with Gasteiger partial charge in [-0.15, -0.1) is 0 Å². The van der Waals surface area contributed by atoms with Gasteiger partial charge in [0.1, 0.15) is 0 Å². The van der Waals surface area contributed by atoms with Crippen LogP contribution < -0.4 is 5.73 Å². The van der Waals surface area contributed by atoms with Gasteiger partial charge >= 0.3 is 0 Å². The van der Waals surface area contributed by atoms with Crippen LogP contribution in [0.15, 0.2) is 0 Å². The lowest BCUT2D eigenvalue weighted by molar-refractivity contribution is -0.139. The van der Waals surface area contributed by atoms with Gasteiger partial charge in [0.25, 0.3) is 0 Å². The number of amides is 1. The lowest BCUT2D eigenvalue weighted by atomic mass is 9.80. The van der Waals surface area contributed by atoms with Crippen molar-refractivity contribution >= 4 is 5.91 Å². The topological polar surface area (TPSA) is 46.3 Å². The molecule has 0 bridgehead atoms. The fourth-order valence-corrected chi connectivity index (χ4v) is 3.59. The molecule has 1 amide bonds. The SMILES string of the molecule is CCC1CCCN(C(=O)C2CCCC(CN)C2)C1. The van der Waals surface area contributed by atoms with Crippen molar-refractivity contribution in [1.29, 1.82) is 0 Å².